The van der Waals surface area contributed by atoms with Crippen molar-refractivity contribution in [1.82, 2.24) is 0 Å². The first kappa shape index (κ1) is 20.0. The Kier molecular flexibility index (Phi) is 5.51. The molecule has 2 heteroatoms. The Hall–Kier alpha value is -2.74. The predicted molar refractivity (Wildman–Crippen MR) is 117 cm³/mol. The zero-order chi connectivity index (χ0) is 20.4. The van der Waals surface area contributed by atoms with Crippen molar-refractivity contribution in [3.05, 3.63) is 83.9 Å². The van der Waals surface area contributed by atoms with Gasteiger partial charge in [-0.05, 0) is 64.8 Å². The molecule has 3 rings (SSSR count). The van der Waals surface area contributed by atoms with Crippen LogP contribution in [0, 0.1) is 5.41 Å². The van der Waals surface area contributed by atoms with Gasteiger partial charge in [0.25, 0.3) is 0 Å². The fraction of sp³-hybridized carbons (Fsp3) is 0.308. The number of hydrogen-bond acceptors (Lipinski definition) is 2. The minimum Gasteiger partial charge on any atom is -0.508 e. The zero-order valence-electron chi connectivity index (χ0n) is 17.2. The summed E-state index contributed by atoms with van der Waals surface area (Å²) in [6.07, 6.45) is 2.13. The molecule has 0 spiro atoms. The van der Waals surface area contributed by atoms with E-state index in [0.717, 1.165) is 24.0 Å². The summed E-state index contributed by atoms with van der Waals surface area (Å²) in [7, 11) is 0. The Balaban J connectivity index is 1.97. The SMILES string of the molecule is CC(C)(C)CCC(C)(c1ccc(O)cc1)c1ccc(-c2ccc(O)cc2)cc1. The minimum atomic E-state index is -0.130. The molecule has 28 heavy (non-hydrogen) atoms. The van der Waals surface area contributed by atoms with Crippen molar-refractivity contribution < 1.29 is 10.2 Å². The monoisotopic (exact) mass is 374 g/mol. The van der Waals surface area contributed by atoms with E-state index in [0.29, 0.717) is 5.75 Å². The highest BCUT2D eigenvalue weighted by molar-refractivity contribution is 5.65. The van der Waals surface area contributed by atoms with Gasteiger partial charge in [0.05, 0.1) is 0 Å². The smallest absolute Gasteiger partial charge is 0.115 e. The largest absolute Gasteiger partial charge is 0.508 e. The fourth-order valence-corrected chi connectivity index (χ4v) is 3.59. The van der Waals surface area contributed by atoms with E-state index in [-0.39, 0.29) is 16.6 Å². The molecule has 0 aliphatic rings. The topological polar surface area (TPSA) is 40.5 Å². The number of phenolic OH excluding ortho intramolecular Hbond substituents is 2. The molecule has 0 aromatic heterocycles. The van der Waals surface area contributed by atoms with Crippen LogP contribution in [0.4, 0.5) is 0 Å². The van der Waals surface area contributed by atoms with E-state index in [4.69, 9.17) is 0 Å². The van der Waals surface area contributed by atoms with E-state index < -0.39 is 0 Å². The Morgan fingerprint density at radius 1 is 0.536 bits per heavy atom. The second-order valence-corrected chi connectivity index (χ2v) is 9.06. The van der Waals surface area contributed by atoms with Crippen LogP contribution >= 0.6 is 0 Å². The summed E-state index contributed by atoms with van der Waals surface area (Å²) in [6, 6.07) is 23.6. The molecule has 0 bridgehead atoms. The summed E-state index contributed by atoms with van der Waals surface area (Å²) in [5.74, 6) is 0.576. The number of rotatable bonds is 5. The Morgan fingerprint density at radius 3 is 1.32 bits per heavy atom. The average Bonchev–Trinajstić information content (AvgIpc) is 2.67. The van der Waals surface area contributed by atoms with Gasteiger partial charge in [0.15, 0.2) is 0 Å². The third-order valence-electron chi connectivity index (χ3n) is 5.60. The van der Waals surface area contributed by atoms with E-state index in [1.807, 2.05) is 24.3 Å². The van der Waals surface area contributed by atoms with Crippen LogP contribution in [0.25, 0.3) is 11.1 Å². The predicted octanol–water partition coefficient (Wildman–Crippen LogP) is 6.90. The lowest BCUT2D eigenvalue weighted by molar-refractivity contribution is 0.325. The molecule has 0 fully saturated rings. The van der Waals surface area contributed by atoms with Crippen molar-refractivity contribution in [3.8, 4) is 22.6 Å². The van der Waals surface area contributed by atoms with Crippen LogP contribution in [0.3, 0.4) is 0 Å². The van der Waals surface area contributed by atoms with E-state index in [2.05, 4.69) is 52.0 Å². The van der Waals surface area contributed by atoms with Gasteiger partial charge in [0.1, 0.15) is 11.5 Å². The molecular formula is C26H30O2. The molecule has 0 saturated carbocycles. The molecule has 2 nitrogen and oxygen atoms in total. The molecule has 0 heterocycles. The zero-order valence-corrected chi connectivity index (χ0v) is 17.2. The molecule has 3 aromatic rings. The van der Waals surface area contributed by atoms with E-state index in [1.54, 1.807) is 24.3 Å². The molecular weight excluding hydrogens is 344 g/mol. The van der Waals surface area contributed by atoms with Crippen molar-refractivity contribution in [2.45, 2.75) is 46.0 Å². The summed E-state index contributed by atoms with van der Waals surface area (Å²) in [5.41, 5.74) is 4.83. The van der Waals surface area contributed by atoms with Gasteiger partial charge in [0.2, 0.25) is 0 Å². The number of aromatic hydroxyl groups is 2. The summed E-state index contributed by atoms with van der Waals surface area (Å²) in [5, 5.41) is 19.2. The molecule has 146 valence electrons. The van der Waals surface area contributed by atoms with Gasteiger partial charge in [-0.25, -0.2) is 0 Å². The molecule has 0 aliphatic heterocycles. The normalized spacial score (nSPS) is 13.9. The van der Waals surface area contributed by atoms with Crippen LogP contribution in [-0.2, 0) is 5.41 Å². The maximum atomic E-state index is 9.72. The average molecular weight is 375 g/mol. The first-order valence-electron chi connectivity index (χ1n) is 9.87. The quantitative estimate of drug-likeness (QED) is 0.510. The van der Waals surface area contributed by atoms with Crippen molar-refractivity contribution in [3.63, 3.8) is 0 Å². The highest BCUT2D eigenvalue weighted by Crippen LogP contribution is 2.40. The highest BCUT2D eigenvalue weighted by Gasteiger charge is 2.30. The standard InChI is InChI=1S/C26H30O2/c1-25(2,3)17-18-26(4,22-11-15-24(28)16-12-22)21-9-5-19(6-10-21)20-7-13-23(27)14-8-20/h5-16,27-28H,17-18H2,1-4H3. The van der Waals surface area contributed by atoms with Gasteiger partial charge >= 0.3 is 0 Å². The first-order chi connectivity index (χ1) is 13.2. The van der Waals surface area contributed by atoms with Gasteiger partial charge in [-0.2, -0.15) is 0 Å². The second-order valence-electron chi connectivity index (χ2n) is 9.06. The number of benzene rings is 3. The molecule has 1 unspecified atom stereocenters. The number of hydrogen-bond donors (Lipinski definition) is 2. The fourth-order valence-electron chi connectivity index (χ4n) is 3.59. The van der Waals surface area contributed by atoms with E-state index in [1.165, 1.54) is 11.1 Å². The lowest BCUT2D eigenvalue weighted by Crippen LogP contribution is -2.25. The molecule has 0 saturated heterocycles. The number of phenols is 2. The highest BCUT2D eigenvalue weighted by atomic mass is 16.3. The molecule has 3 aromatic carbocycles. The lowest BCUT2D eigenvalue weighted by Gasteiger charge is -2.34. The Bertz CT molecular complexity index is 901. The molecule has 0 amide bonds. The maximum Gasteiger partial charge on any atom is 0.115 e. The molecule has 2 N–H and O–H groups in total. The molecule has 1 atom stereocenters. The van der Waals surface area contributed by atoms with Gasteiger partial charge in [0, 0.05) is 5.41 Å². The van der Waals surface area contributed by atoms with Gasteiger partial charge in [-0.15, -0.1) is 0 Å². The summed E-state index contributed by atoms with van der Waals surface area (Å²) < 4.78 is 0. The van der Waals surface area contributed by atoms with Crippen LogP contribution in [-0.4, -0.2) is 10.2 Å². The van der Waals surface area contributed by atoms with E-state index in [9.17, 15) is 10.2 Å². The van der Waals surface area contributed by atoms with Gasteiger partial charge in [-0.3, -0.25) is 0 Å². The molecule has 0 radical (unpaired) electrons. The van der Waals surface area contributed by atoms with Crippen LogP contribution in [0.5, 0.6) is 11.5 Å². The van der Waals surface area contributed by atoms with Crippen molar-refractivity contribution >= 4 is 0 Å². The minimum absolute atomic E-state index is 0.130. The second kappa shape index (κ2) is 7.71. The summed E-state index contributed by atoms with van der Waals surface area (Å²) in [6.45, 7) is 9.12. The van der Waals surface area contributed by atoms with Gasteiger partial charge < -0.3 is 10.2 Å². The van der Waals surface area contributed by atoms with Crippen LogP contribution in [0.2, 0.25) is 0 Å². The Labute approximate surface area is 168 Å². The van der Waals surface area contributed by atoms with Crippen molar-refractivity contribution in [2.75, 3.05) is 0 Å². The maximum absolute atomic E-state index is 9.72. The Morgan fingerprint density at radius 2 is 0.893 bits per heavy atom. The third kappa shape index (κ3) is 4.56. The van der Waals surface area contributed by atoms with Crippen molar-refractivity contribution in [2.24, 2.45) is 5.41 Å². The third-order valence-corrected chi connectivity index (χ3v) is 5.60. The van der Waals surface area contributed by atoms with Gasteiger partial charge in [-0.1, -0.05) is 76.2 Å². The lowest BCUT2D eigenvalue weighted by atomic mass is 9.70. The van der Waals surface area contributed by atoms with E-state index >= 15 is 0 Å². The first-order valence-corrected chi connectivity index (χ1v) is 9.87. The van der Waals surface area contributed by atoms with Crippen LogP contribution < -0.4 is 0 Å². The van der Waals surface area contributed by atoms with Crippen LogP contribution in [0.1, 0.15) is 51.7 Å². The van der Waals surface area contributed by atoms with Crippen LogP contribution in [0.15, 0.2) is 72.8 Å². The summed E-state index contributed by atoms with van der Waals surface area (Å²) >= 11 is 0. The summed E-state index contributed by atoms with van der Waals surface area (Å²) in [4.78, 5) is 0. The molecule has 0 aliphatic carbocycles. The van der Waals surface area contributed by atoms with Crippen molar-refractivity contribution in [1.29, 1.82) is 0 Å².